The highest BCUT2D eigenvalue weighted by atomic mass is 32.2. The third-order valence-corrected chi connectivity index (χ3v) is 4.44. The molecule has 3 nitrogen and oxygen atoms in total. The number of methoxy groups -OCH3 is 1. The van der Waals surface area contributed by atoms with Gasteiger partial charge in [-0.2, -0.15) is 0 Å². The van der Waals surface area contributed by atoms with Crippen molar-refractivity contribution in [1.82, 2.24) is 4.98 Å². The lowest BCUT2D eigenvalue weighted by atomic mass is 10.00. The predicted molar refractivity (Wildman–Crippen MR) is 80.4 cm³/mol. The van der Waals surface area contributed by atoms with Crippen molar-refractivity contribution in [3.63, 3.8) is 0 Å². The molecule has 0 bridgehead atoms. The van der Waals surface area contributed by atoms with E-state index in [1.807, 2.05) is 36.3 Å². The Morgan fingerprint density at radius 2 is 2.05 bits per heavy atom. The van der Waals surface area contributed by atoms with E-state index in [9.17, 15) is 0 Å². The number of ether oxygens (including phenoxy) is 2. The molecule has 1 aliphatic rings. The van der Waals surface area contributed by atoms with Gasteiger partial charge in [0.1, 0.15) is 5.75 Å². The fraction of sp³-hybridized carbons (Fsp3) is 0.312. The molecule has 0 spiro atoms. The van der Waals surface area contributed by atoms with Crippen molar-refractivity contribution in [1.29, 1.82) is 0 Å². The molecular formula is C16H17NO2S. The Kier molecular flexibility index (Phi) is 4.23. The topological polar surface area (TPSA) is 31.4 Å². The van der Waals surface area contributed by atoms with Gasteiger partial charge in [-0.05, 0) is 29.3 Å². The third-order valence-electron chi connectivity index (χ3n) is 3.41. The van der Waals surface area contributed by atoms with Gasteiger partial charge in [0.15, 0.2) is 0 Å². The Hall–Kier alpha value is -1.52. The molecule has 3 rings (SSSR count). The summed E-state index contributed by atoms with van der Waals surface area (Å²) in [5.74, 6) is 2.37. The maximum atomic E-state index is 5.23. The van der Waals surface area contributed by atoms with Gasteiger partial charge in [-0.25, -0.2) is 0 Å². The molecule has 0 N–H and O–H groups in total. The van der Waals surface area contributed by atoms with Gasteiger partial charge in [0.25, 0.3) is 0 Å². The quantitative estimate of drug-likeness (QED) is 0.788. The van der Waals surface area contributed by atoms with Crippen LogP contribution in [-0.4, -0.2) is 25.3 Å². The molecule has 1 fully saturated rings. The highest BCUT2D eigenvalue weighted by Gasteiger charge is 2.20. The van der Waals surface area contributed by atoms with Crippen molar-refractivity contribution in [2.24, 2.45) is 0 Å². The zero-order valence-electron chi connectivity index (χ0n) is 11.4. The predicted octanol–water partition coefficient (Wildman–Crippen LogP) is 3.50. The van der Waals surface area contributed by atoms with Gasteiger partial charge in [-0.15, -0.1) is 11.8 Å². The van der Waals surface area contributed by atoms with Gasteiger partial charge >= 0.3 is 0 Å². The summed E-state index contributed by atoms with van der Waals surface area (Å²) < 4.78 is 10.4. The number of benzene rings is 1. The summed E-state index contributed by atoms with van der Waals surface area (Å²) in [7, 11) is 1.69. The summed E-state index contributed by atoms with van der Waals surface area (Å²) in [4.78, 5) is 5.54. The van der Waals surface area contributed by atoms with E-state index in [1.165, 1.54) is 16.0 Å². The Labute approximate surface area is 123 Å². The highest BCUT2D eigenvalue weighted by molar-refractivity contribution is 7.98. The van der Waals surface area contributed by atoms with Crippen LogP contribution in [0.25, 0.3) is 0 Å². The average Bonchev–Trinajstić information content (AvgIpc) is 2.44. The highest BCUT2D eigenvalue weighted by Crippen LogP contribution is 2.28. The molecule has 0 amide bonds. The van der Waals surface area contributed by atoms with Crippen molar-refractivity contribution in [3.05, 3.63) is 53.9 Å². The van der Waals surface area contributed by atoms with Gasteiger partial charge in [-0.3, -0.25) is 4.98 Å². The molecular weight excluding hydrogens is 270 g/mol. The molecule has 4 heteroatoms. The molecule has 1 aromatic carbocycles. The van der Waals surface area contributed by atoms with Crippen LogP contribution < -0.4 is 4.74 Å². The number of hydrogen-bond acceptors (Lipinski definition) is 4. The van der Waals surface area contributed by atoms with Crippen LogP contribution in [-0.2, 0) is 10.5 Å². The van der Waals surface area contributed by atoms with Crippen LogP contribution in [0.3, 0.4) is 0 Å². The maximum absolute atomic E-state index is 5.23. The summed E-state index contributed by atoms with van der Waals surface area (Å²) >= 11 is 1.81. The third kappa shape index (κ3) is 3.14. The number of pyridine rings is 1. The van der Waals surface area contributed by atoms with Gasteiger partial charge < -0.3 is 9.47 Å². The summed E-state index contributed by atoms with van der Waals surface area (Å²) in [5, 5.41) is 0. The Balaban J connectivity index is 1.62. The molecule has 20 heavy (non-hydrogen) atoms. The molecule has 1 aromatic heterocycles. The summed E-state index contributed by atoms with van der Waals surface area (Å²) in [6.45, 7) is 1.66. The number of nitrogens with zero attached hydrogens (tertiary/aromatic N) is 1. The maximum Gasteiger partial charge on any atom is 0.118 e. The first-order chi connectivity index (χ1) is 9.85. The minimum absolute atomic E-state index is 0.532. The lowest BCUT2D eigenvalue weighted by Crippen LogP contribution is -2.25. The summed E-state index contributed by atoms with van der Waals surface area (Å²) in [6, 6.07) is 10.4. The van der Waals surface area contributed by atoms with Gasteiger partial charge in [-0.1, -0.05) is 12.1 Å². The molecule has 1 saturated heterocycles. The van der Waals surface area contributed by atoms with E-state index in [4.69, 9.17) is 9.47 Å². The SMILES string of the molecule is COc1ccc(CSc2cncc(C3COC3)c2)cc1. The van der Waals surface area contributed by atoms with Crippen LogP contribution in [0.5, 0.6) is 5.75 Å². The average molecular weight is 287 g/mol. The van der Waals surface area contributed by atoms with Crippen LogP contribution in [0.4, 0.5) is 0 Å². The van der Waals surface area contributed by atoms with E-state index in [-0.39, 0.29) is 0 Å². The number of aromatic nitrogens is 1. The second-order valence-electron chi connectivity index (χ2n) is 4.83. The van der Waals surface area contributed by atoms with E-state index in [0.29, 0.717) is 5.92 Å². The van der Waals surface area contributed by atoms with Crippen LogP contribution in [0.2, 0.25) is 0 Å². The summed E-state index contributed by atoms with van der Waals surface area (Å²) in [6.07, 6.45) is 3.88. The number of thioether (sulfide) groups is 1. The minimum atomic E-state index is 0.532. The first-order valence-electron chi connectivity index (χ1n) is 6.63. The van der Waals surface area contributed by atoms with E-state index >= 15 is 0 Å². The monoisotopic (exact) mass is 287 g/mol. The van der Waals surface area contributed by atoms with Crippen LogP contribution in [0.1, 0.15) is 17.0 Å². The lowest BCUT2D eigenvalue weighted by Gasteiger charge is -2.26. The molecule has 0 atom stereocenters. The number of hydrogen-bond donors (Lipinski definition) is 0. The first-order valence-corrected chi connectivity index (χ1v) is 7.62. The fourth-order valence-corrected chi connectivity index (χ4v) is 2.93. The lowest BCUT2D eigenvalue weighted by molar-refractivity contribution is 0.00820. The van der Waals surface area contributed by atoms with Crippen LogP contribution in [0.15, 0.2) is 47.6 Å². The van der Waals surface area contributed by atoms with Crippen molar-refractivity contribution in [3.8, 4) is 5.75 Å². The normalized spacial score (nSPS) is 14.8. The second kappa shape index (κ2) is 6.29. The van der Waals surface area contributed by atoms with Crippen molar-refractivity contribution in [2.45, 2.75) is 16.6 Å². The van der Waals surface area contributed by atoms with E-state index in [1.54, 1.807) is 7.11 Å². The van der Waals surface area contributed by atoms with Crippen molar-refractivity contribution < 1.29 is 9.47 Å². The van der Waals surface area contributed by atoms with E-state index in [0.717, 1.165) is 24.7 Å². The first kappa shape index (κ1) is 13.5. The number of rotatable bonds is 5. The minimum Gasteiger partial charge on any atom is -0.497 e. The Morgan fingerprint density at radius 3 is 2.70 bits per heavy atom. The zero-order valence-corrected chi connectivity index (χ0v) is 12.2. The molecule has 104 valence electrons. The van der Waals surface area contributed by atoms with Gasteiger partial charge in [0.05, 0.1) is 20.3 Å². The van der Waals surface area contributed by atoms with E-state index < -0.39 is 0 Å². The fourth-order valence-electron chi connectivity index (χ4n) is 2.05. The smallest absolute Gasteiger partial charge is 0.118 e. The van der Waals surface area contributed by atoms with Crippen LogP contribution >= 0.6 is 11.8 Å². The molecule has 0 aliphatic carbocycles. The van der Waals surface area contributed by atoms with Crippen LogP contribution in [0, 0.1) is 0 Å². The zero-order chi connectivity index (χ0) is 13.8. The second-order valence-corrected chi connectivity index (χ2v) is 5.87. The molecule has 1 aliphatic heterocycles. The van der Waals surface area contributed by atoms with Gasteiger partial charge in [0.2, 0.25) is 0 Å². The summed E-state index contributed by atoms with van der Waals surface area (Å²) in [5.41, 5.74) is 2.57. The molecule has 2 aromatic rings. The van der Waals surface area contributed by atoms with Crippen molar-refractivity contribution in [2.75, 3.05) is 20.3 Å². The molecule has 0 radical (unpaired) electrons. The Bertz CT molecular complexity index is 567. The Morgan fingerprint density at radius 1 is 1.25 bits per heavy atom. The molecule has 2 heterocycles. The van der Waals surface area contributed by atoms with E-state index in [2.05, 4.69) is 23.2 Å². The molecule has 0 unspecified atom stereocenters. The van der Waals surface area contributed by atoms with Gasteiger partial charge in [0, 0.05) is 29.0 Å². The molecule has 0 saturated carbocycles. The standard InChI is InChI=1S/C16H17NO2S/c1-18-15-4-2-12(3-5-15)11-20-16-6-13(7-17-8-16)14-9-19-10-14/h2-8,14H,9-11H2,1H3. The van der Waals surface area contributed by atoms with Crippen molar-refractivity contribution >= 4 is 11.8 Å². The largest absolute Gasteiger partial charge is 0.497 e.